The average Bonchev–Trinajstić information content (AvgIpc) is 2.02. The van der Waals surface area contributed by atoms with Crippen LogP contribution in [-0.4, -0.2) is 19.0 Å². The Morgan fingerprint density at radius 2 is 1.92 bits per heavy atom. The summed E-state index contributed by atoms with van der Waals surface area (Å²) in [6.07, 6.45) is 2.47. The molecule has 0 aromatic heterocycles. The SMILES string of the molecule is CCCC(CS)COCC(C)C. The molecule has 0 spiro atoms. The summed E-state index contributed by atoms with van der Waals surface area (Å²) in [5.41, 5.74) is 0. The molecule has 74 valence electrons. The summed E-state index contributed by atoms with van der Waals surface area (Å²) in [5.74, 6) is 2.25. The molecule has 0 rings (SSSR count). The summed E-state index contributed by atoms with van der Waals surface area (Å²) in [7, 11) is 0. The molecule has 1 unspecified atom stereocenters. The Labute approximate surface area is 82.3 Å². The van der Waals surface area contributed by atoms with Gasteiger partial charge in [-0.15, -0.1) is 0 Å². The van der Waals surface area contributed by atoms with Gasteiger partial charge in [0.1, 0.15) is 0 Å². The monoisotopic (exact) mass is 190 g/mol. The molecular weight excluding hydrogens is 168 g/mol. The van der Waals surface area contributed by atoms with E-state index in [0.29, 0.717) is 11.8 Å². The molecule has 0 saturated heterocycles. The van der Waals surface area contributed by atoms with Crippen molar-refractivity contribution in [2.45, 2.75) is 33.6 Å². The maximum atomic E-state index is 5.55. The summed E-state index contributed by atoms with van der Waals surface area (Å²) in [4.78, 5) is 0. The molecule has 2 heteroatoms. The van der Waals surface area contributed by atoms with Gasteiger partial charge in [-0.2, -0.15) is 12.6 Å². The molecule has 1 nitrogen and oxygen atoms in total. The van der Waals surface area contributed by atoms with Gasteiger partial charge >= 0.3 is 0 Å². The smallest absolute Gasteiger partial charge is 0.0502 e. The van der Waals surface area contributed by atoms with Crippen LogP contribution in [0.3, 0.4) is 0 Å². The molecule has 0 saturated carbocycles. The van der Waals surface area contributed by atoms with E-state index < -0.39 is 0 Å². The van der Waals surface area contributed by atoms with Crippen molar-refractivity contribution in [3.63, 3.8) is 0 Å². The van der Waals surface area contributed by atoms with Crippen molar-refractivity contribution in [3.05, 3.63) is 0 Å². The van der Waals surface area contributed by atoms with Crippen LogP contribution in [-0.2, 0) is 4.74 Å². The van der Waals surface area contributed by atoms with Crippen molar-refractivity contribution in [1.29, 1.82) is 0 Å². The van der Waals surface area contributed by atoms with Crippen LogP contribution in [0.15, 0.2) is 0 Å². The highest BCUT2D eigenvalue weighted by Crippen LogP contribution is 2.09. The third-order valence-electron chi connectivity index (χ3n) is 1.76. The lowest BCUT2D eigenvalue weighted by atomic mass is 10.1. The largest absolute Gasteiger partial charge is 0.381 e. The van der Waals surface area contributed by atoms with Crippen LogP contribution in [0.4, 0.5) is 0 Å². The second kappa shape index (κ2) is 7.93. The number of thiol groups is 1. The van der Waals surface area contributed by atoms with E-state index in [2.05, 4.69) is 33.4 Å². The summed E-state index contributed by atoms with van der Waals surface area (Å²) in [6.45, 7) is 8.33. The molecule has 12 heavy (non-hydrogen) atoms. The summed E-state index contributed by atoms with van der Waals surface area (Å²) in [5, 5.41) is 0. The molecule has 0 aliphatic heterocycles. The first-order chi connectivity index (χ1) is 5.70. The van der Waals surface area contributed by atoms with E-state index in [-0.39, 0.29) is 0 Å². The summed E-state index contributed by atoms with van der Waals surface area (Å²) >= 11 is 4.29. The highest BCUT2D eigenvalue weighted by atomic mass is 32.1. The Hall–Kier alpha value is 0.310. The van der Waals surface area contributed by atoms with Gasteiger partial charge in [-0.05, 0) is 24.0 Å². The standard InChI is InChI=1S/C10H22OS/c1-4-5-10(8-12)7-11-6-9(2)3/h9-10,12H,4-8H2,1-3H3. The van der Waals surface area contributed by atoms with Crippen LogP contribution in [0.1, 0.15) is 33.6 Å². The van der Waals surface area contributed by atoms with Gasteiger partial charge in [0.15, 0.2) is 0 Å². The molecular formula is C10H22OS. The first kappa shape index (κ1) is 12.3. The topological polar surface area (TPSA) is 9.23 Å². The van der Waals surface area contributed by atoms with E-state index in [1.165, 1.54) is 12.8 Å². The van der Waals surface area contributed by atoms with Gasteiger partial charge in [0.2, 0.25) is 0 Å². The molecule has 0 bridgehead atoms. The Kier molecular flexibility index (Phi) is 8.14. The lowest BCUT2D eigenvalue weighted by Gasteiger charge is -2.14. The van der Waals surface area contributed by atoms with E-state index in [9.17, 15) is 0 Å². The Balaban J connectivity index is 3.31. The minimum atomic E-state index is 0.646. The van der Waals surface area contributed by atoms with E-state index in [1.807, 2.05) is 0 Å². The maximum Gasteiger partial charge on any atom is 0.0502 e. The van der Waals surface area contributed by atoms with Crippen molar-refractivity contribution in [1.82, 2.24) is 0 Å². The van der Waals surface area contributed by atoms with Crippen molar-refractivity contribution in [3.8, 4) is 0 Å². The summed E-state index contributed by atoms with van der Waals surface area (Å²) < 4.78 is 5.55. The molecule has 0 N–H and O–H groups in total. The van der Waals surface area contributed by atoms with Crippen LogP contribution < -0.4 is 0 Å². The van der Waals surface area contributed by atoms with E-state index in [4.69, 9.17) is 4.74 Å². The fraction of sp³-hybridized carbons (Fsp3) is 1.00. The predicted molar refractivity (Wildman–Crippen MR) is 57.9 cm³/mol. The van der Waals surface area contributed by atoms with Crippen LogP contribution in [0, 0.1) is 11.8 Å². The minimum absolute atomic E-state index is 0.646. The van der Waals surface area contributed by atoms with Gasteiger partial charge in [0.25, 0.3) is 0 Å². The van der Waals surface area contributed by atoms with Crippen LogP contribution >= 0.6 is 12.6 Å². The van der Waals surface area contributed by atoms with Crippen LogP contribution in [0.5, 0.6) is 0 Å². The van der Waals surface area contributed by atoms with Crippen molar-refractivity contribution in [2.75, 3.05) is 19.0 Å². The van der Waals surface area contributed by atoms with Gasteiger partial charge in [-0.25, -0.2) is 0 Å². The lowest BCUT2D eigenvalue weighted by molar-refractivity contribution is 0.0830. The summed E-state index contributed by atoms with van der Waals surface area (Å²) in [6, 6.07) is 0. The molecule has 0 radical (unpaired) electrons. The third-order valence-corrected chi connectivity index (χ3v) is 2.28. The van der Waals surface area contributed by atoms with Gasteiger partial charge in [0, 0.05) is 6.61 Å². The quantitative estimate of drug-likeness (QED) is 0.607. The number of hydrogen-bond donors (Lipinski definition) is 1. The Bertz CT molecular complexity index is 93.8. The average molecular weight is 190 g/mol. The number of hydrogen-bond acceptors (Lipinski definition) is 2. The minimum Gasteiger partial charge on any atom is -0.381 e. The Morgan fingerprint density at radius 1 is 1.25 bits per heavy atom. The second-order valence-electron chi connectivity index (χ2n) is 3.77. The van der Waals surface area contributed by atoms with Crippen molar-refractivity contribution < 1.29 is 4.74 Å². The fourth-order valence-corrected chi connectivity index (χ4v) is 1.39. The molecule has 1 atom stereocenters. The third kappa shape index (κ3) is 6.99. The molecule has 0 aromatic rings. The first-order valence-corrected chi connectivity index (χ1v) is 5.52. The zero-order chi connectivity index (χ0) is 9.40. The highest BCUT2D eigenvalue weighted by molar-refractivity contribution is 7.80. The van der Waals surface area contributed by atoms with Crippen LogP contribution in [0.2, 0.25) is 0 Å². The van der Waals surface area contributed by atoms with E-state index in [1.54, 1.807) is 0 Å². The van der Waals surface area contributed by atoms with Crippen molar-refractivity contribution in [2.24, 2.45) is 11.8 Å². The van der Waals surface area contributed by atoms with Gasteiger partial charge in [0.05, 0.1) is 6.61 Å². The van der Waals surface area contributed by atoms with Gasteiger partial charge in [-0.3, -0.25) is 0 Å². The molecule has 0 fully saturated rings. The highest BCUT2D eigenvalue weighted by Gasteiger charge is 2.05. The normalized spacial score (nSPS) is 13.8. The Morgan fingerprint density at radius 3 is 2.33 bits per heavy atom. The molecule has 0 aliphatic rings. The number of ether oxygens (including phenoxy) is 1. The fourth-order valence-electron chi connectivity index (χ4n) is 1.11. The lowest BCUT2D eigenvalue weighted by Crippen LogP contribution is -2.13. The molecule has 0 aromatic carbocycles. The van der Waals surface area contributed by atoms with Gasteiger partial charge < -0.3 is 4.74 Å². The van der Waals surface area contributed by atoms with Crippen LogP contribution in [0.25, 0.3) is 0 Å². The first-order valence-electron chi connectivity index (χ1n) is 4.89. The predicted octanol–water partition coefficient (Wildman–Crippen LogP) is 3.01. The molecule has 0 heterocycles. The van der Waals surface area contributed by atoms with E-state index >= 15 is 0 Å². The number of rotatable bonds is 7. The maximum absolute atomic E-state index is 5.55. The van der Waals surface area contributed by atoms with Crippen molar-refractivity contribution >= 4 is 12.6 Å². The zero-order valence-electron chi connectivity index (χ0n) is 8.55. The van der Waals surface area contributed by atoms with Gasteiger partial charge in [-0.1, -0.05) is 27.2 Å². The zero-order valence-corrected chi connectivity index (χ0v) is 9.44. The van der Waals surface area contributed by atoms with E-state index in [0.717, 1.165) is 19.0 Å². The molecule has 0 aliphatic carbocycles. The molecule has 0 amide bonds. The second-order valence-corrected chi connectivity index (χ2v) is 4.13.